The van der Waals surface area contributed by atoms with E-state index in [0.717, 1.165) is 17.1 Å². The second-order valence-corrected chi connectivity index (χ2v) is 4.58. The first-order valence-corrected chi connectivity index (χ1v) is 5.47. The van der Waals surface area contributed by atoms with Crippen molar-refractivity contribution in [2.45, 2.75) is 25.9 Å². The second kappa shape index (κ2) is 3.79. The predicted molar refractivity (Wildman–Crippen MR) is 62.0 cm³/mol. The lowest BCUT2D eigenvalue weighted by Crippen LogP contribution is -2.04. The van der Waals surface area contributed by atoms with Gasteiger partial charge in [0.2, 0.25) is 0 Å². The van der Waals surface area contributed by atoms with Crippen LogP contribution in [0, 0.1) is 0 Å². The van der Waals surface area contributed by atoms with Gasteiger partial charge in [-0.1, -0.05) is 13.8 Å². The van der Waals surface area contributed by atoms with E-state index in [0.29, 0.717) is 5.39 Å². The van der Waals surface area contributed by atoms with E-state index in [1.807, 2.05) is 31.7 Å². The molecule has 0 fully saturated rings. The molecule has 0 aliphatic heterocycles. The maximum absolute atomic E-state index is 12.6. The topological polar surface area (TPSA) is 4.93 Å². The largest absolute Gasteiger partial charge is 0.416 e. The Balaban J connectivity index is 2.71. The van der Waals surface area contributed by atoms with Crippen LogP contribution in [0.2, 0.25) is 0 Å². The Morgan fingerprint density at radius 3 is 2.35 bits per heavy atom. The van der Waals surface area contributed by atoms with Crippen LogP contribution in [0.4, 0.5) is 13.2 Å². The molecule has 0 saturated heterocycles. The number of hydrogen-bond acceptors (Lipinski definition) is 0. The van der Waals surface area contributed by atoms with Crippen molar-refractivity contribution in [3.63, 3.8) is 0 Å². The number of alkyl halides is 3. The zero-order valence-electron chi connectivity index (χ0n) is 9.97. The van der Waals surface area contributed by atoms with Crippen molar-refractivity contribution in [2.24, 2.45) is 7.05 Å². The summed E-state index contributed by atoms with van der Waals surface area (Å²) in [5, 5.41) is 0.692. The summed E-state index contributed by atoms with van der Waals surface area (Å²) in [6.07, 6.45) is -2.38. The Labute approximate surface area is 97.9 Å². The molecule has 0 amide bonds. The maximum atomic E-state index is 12.6. The highest BCUT2D eigenvalue weighted by molar-refractivity contribution is 5.85. The lowest BCUT2D eigenvalue weighted by Gasteiger charge is -2.08. The quantitative estimate of drug-likeness (QED) is 0.700. The molecule has 4 heteroatoms. The van der Waals surface area contributed by atoms with E-state index < -0.39 is 11.7 Å². The van der Waals surface area contributed by atoms with Crippen LogP contribution in [-0.4, -0.2) is 4.57 Å². The Morgan fingerprint density at radius 2 is 1.82 bits per heavy atom. The molecule has 0 spiro atoms. The van der Waals surface area contributed by atoms with Gasteiger partial charge < -0.3 is 4.57 Å². The Kier molecular flexibility index (Phi) is 2.68. The number of hydrogen-bond donors (Lipinski definition) is 0. The minimum absolute atomic E-state index is 0.210. The number of halogens is 3. The van der Waals surface area contributed by atoms with Crippen LogP contribution in [0.25, 0.3) is 10.9 Å². The molecule has 0 radical (unpaired) electrons. The van der Waals surface area contributed by atoms with Crippen LogP contribution in [-0.2, 0) is 13.2 Å². The van der Waals surface area contributed by atoms with Gasteiger partial charge in [-0.3, -0.25) is 0 Å². The number of rotatable bonds is 1. The lowest BCUT2D eigenvalue weighted by atomic mass is 10.0. The van der Waals surface area contributed by atoms with E-state index in [4.69, 9.17) is 0 Å². The van der Waals surface area contributed by atoms with E-state index in [1.54, 1.807) is 0 Å². The van der Waals surface area contributed by atoms with E-state index in [1.165, 1.54) is 12.1 Å². The molecule has 0 aliphatic rings. The van der Waals surface area contributed by atoms with E-state index >= 15 is 0 Å². The number of nitrogens with zero attached hydrogens (tertiary/aromatic N) is 1. The van der Waals surface area contributed by atoms with Gasteiger partial charge in [0.15, 0.2) is 0 Å². The first kappa shape index (κ1) is 12.0. The number of benzene rings is 1. The van der Waals surface area contributed by atoms with Gasteiger partial charge in [-0.2, -0.15) is 13.2 Å². The summed E-state index contributed by atoms with van der Waals surface area (Å²) < 4.78 is 39.8. The van der Waals surface area contributed by atoms with Crippen LogP contribution < -0.4 is 0 Å². The molecule has 0 bridgehead atoms. The van der Waals surface area contributed by atoms with Gasteiger partial charge in [-0.15, -0.1) is 0 Å². The number of fused-ring (bicyclic) bond motifs is 1. The molecule has 0 atom stereocenters. The Hall–Kier alpha value is -1.45. The fourth-order valence-electron chi connectivity index (χ4n) is 2.06. The molecule has 1 nitrogen and oxygen atoms in total. The molecule has 17 heavy (non-hydrogen) atoms. The third kappa shape index (κ3) is 2.04. The number of aryl methyl sites for hydroxylation is 1. The molecule has 0 N–H and O–H groups in total. The molecule has 0 saturated carbocycles. The summed E-state index contributed by atoms with van der Waals surface area (Å²) >= 11 is 0. The zero-order valence-corrected chi connectivity index (χ0v) is 9.97. The van der Waals surface area contributed by atoms with Crippen LogP contribution in [0.5, 0.6) is 0 Å². The van der Waals surface area contributed by atoms with E-state index in [-0.39, 0.29) is 5.92 Å². The van der Waals surface area contributed by atoms with Crippen molar-refractivity contribution >= 4 is 10.9 Å². The third-order valence-electron chi connectivity index (χ3n) is 2.97. The summed E-state index contributed by atoms with van der Waals surface area (Å²) in [5.74, 6) is 0.210. The van der Waals surface area contributed by atoms with Crippen molar-refractivity contribution in [2.75, 3.05) is 0 Å². The molecule has 2 aromatic rings. The van der Waals surface area contributed by atoms with Gasteiger partial charge in [0.05, 0.1) is 5.56 Å². The minimum Gasteiger partial charge on any atom is -0.350 e. The average Bonchev–Trinajstić information content (AvgIpc) is 2.54. The van der Waals surface area contributed by atoms with Gasteiger partial charge >= 0.3 is 6.18 Å². The molecular formula is C13H14F3N. The summed E-state index contributed by atoms with van der Waals surface area (Å²) in [6.45, 7) is 3.96. The van der Waals surface area contributed by atoms with Gasteiger partial charge in [0, 0.05) is 24.1 Å². The third-order valence-corrected chi connectivity index (χ3v) is 2.97. The van der Waals surface area contributed by atoms with Crippen LogP contribution in [0.3, 0.4) is 0 Å². The summed E-state index contributed by atoms with van der Waals surface area (Å²) in [6, 6.07) is 3.90. The summed E-state index contributed by atoms with van der Waals surface area (Å²) in [7, 11) is 1.85. The highest BCUT2D eigenvalue weighted by Gasteiger charge is 2.31. The number of aromatic nitrogens is 1. The average molecular weight is 241 g/mol. The van der Waals surface area contributed by atoms with E-state index in [2.05, 4.69) is 0 Å². The SMILES string of the molecule is CC(C)c1cn(C)c2ccc(C(F)(F)F)cc12. The lowest BCUT2D eigenvalue weighted by molar-refractivity contribution is -0.137. The fourth-order valence-corrected chi connectivity index (χ4v) is 2.06. The fraction of sp³-hybridized carbons (Fsp3) is 0.385. The zero-order chi connectivity index (χ0) is 12.8. The van der Waals surface area contributed by atoms with Crippen LogP contribution in [0.1, 0.15) is 30.9 Å². The molecular weight excluding hydrogens is 227 g/mol. The van der Waals surface area contributed by atoms with Crippen molar-refractivity contribution in [3.05, 3.63) is 35.5 Å². The van der Waals surface area contributed by atoms with Gasteiger partial charge in [-0.25, -0.2) is 0 Å². The summed E-state index contributed by atoms with van der Waals surface area (Å²) in [4.78, 5) is 0. The van der Waals surface area contributed by atoms with Gasteiger partial charge in [-0.05, 0) is 29.7 Å². The maximum Gasteiger partial charge on any atom is 0.416 e. The molecule has 2 rings (SSSR count). The Morgan fingerprint density at radius 1 is 1.18 bits per heavy atom. The first-order valence-electron chi connectivity index (χ1n) is 5.47. The smallest absolute Gasteiger partial charge is 0.350 e. The van der Waals surface area contributed by atoms with Crippen molar-refractivity contribution in [1.82, 2.24) is 4.57 Å². The predicted octanol–water partition coefficient (Wildman–Crippen LogP) is 4.32. The van der Waals surface area contributed by atoms with Gasteiger partial charge in [0.1, 0.15) is 0 Å². The van der Waals surface area contributed by atoms with Crippen LogP contribution in [0.15, 0.2) is 24.4 Å². The van der Waals surface area contributed by atoms with Crippen molar-refractivity contribution in [1.29, 1.82) is 0 Å². The van der Waals surface area contributed by atoms with Crippen LogP contribution >= 0.6 is 0 Å². The Bertz CT molecular complexity index is 550. The highest BCUT2D eigenvalue weighted by atomic mass is 19.4. The summed E-state index contributed by atoms with van der Waals surface area (Å²) in [5.41, 5.74) is 1.20. The molecule has 1 heterocycles. The van der Waals surface area contributed by atoms with Crippen molar-refractivity contribution < 1.29 is 13.2 Å². The molecule has 0 unspecified atom stereocenters. The molecule has 0 aliphatic carbocycles. The second-order valence-electron chi connectivity index (χ2n) is 4.58. The molecule has 92 valence electrons. The standard InChI is InChI=1S/C13H14F3N/c1-8(2)11-7-17(3)12-5-4-9(6-10(11)12)13(14,15)16/h4-8H,1-3H3. The highest BCUT2D eigenvalue weighted by Crippen LogP contribution is 2.34. The first-order chi connectivity index (χ1) is 7.80. The van der Waals surface area contributed by atoms with Gasteiger partial charge in [0.25, 0.3) is 0 Å². The van der Waals surface area contributed by atoms with Crippen molar-refractivity contribution in [3.8, 4) is 0 Å². The minimum atomic E-state index is -4.28. The normalized spacial score (nSPS) is 12.6. The van der Waals surface area contributed by atoms with E-state index in [9.17, 15) is 13.2 Å². The molecule has 1 aromatic carbocycles. The molecule has 1 aromatic heterocycles. The monoisotopic (exact) mass is 241 g/mol.